The van der Waals surface area contributed by atoms with Gasteiger partial charge in [0.05, 0.1) is 13.4 Å². The lowest BCUT2D eigenvalue weighted by Crippen LogP contribution is -2.24. The van der Waals surface area contributed by atoms with Crippen molar-refractivity contribution in [3.8, 4) is 0 Å². The lowest BCUT2D eigenvalue weighted by Gasteiger charge is -2.06. The fourth-order valence-electron chi connectivity index (χ4n) is 3.71. The molecular weight excluding hydrogens is 459 g/mol. The van der Waals surface area contributed by atoms with Crippen LogP contribution in [0, 0.1) is 0 Å². The van der Waals surface area contributed by atoms with Crippen LogP contribution in [0.5, 0.6) is 0 Å². The molecule has 2 nitrogen and oxygen atoms in total. The van der Waals surface area contributed by atoms with Gasteiger partial charge in [-0.3, -0.25) is 4.79 Å². The Labute approximate surface area is 208 Å². The number of thioether (sulfide) groups is 4. The summed E-state index contributed by atoms with van der Waals surface area (Å²) in [5.74, 6) is 0.0926. The molecule has 0 atom stereocenters. The van der Waals surface area contributed by atoms with Crippen molar-refractivity contribution in [2.75, 3.05) is 6.54 Å². The van der Waals surface area contributed by atoms with Gasteiger partial charge < -0.3 is 5.32 Å². The molecule has 0 radical (unpaired) electrons. The van der Waals surface area contributed by atoms with Crippen LogP contribution in [0.1, 0.15) is 110 Å². The predicted molar refractivity (Wildman–Crippen MR) is 147 cm³/mol. The Morgan fingerprint density at radius 1 is 0.677 bits per heavy atom. The van der Waals surface area contributed by atoms with Crippen molar-refractivity contribution in [2.45, 2.75) is 110 Å². The Balaban J connectivity index is 1.31. The van der Waals surface area contributed by atoms with E-state index in [0.717, 1.165) is 17.9 Å². The molecule has 0 saturated heterocycles. The van der Waals surface area contributed by atoms with E-state index in [4.69, 9.17) is 0 Å². The maximum atomic E-state index is 12.3. The van der Waals surface area contributed by atoms with Crippen LogP contribution < -0.4 is 5.32 Å². The van der Waals surface area contributed by atoms with Crippen LogP contribution in [0.2, 0.25) is 0 Å². The molecule has 2 aliphatic rings. The van der Waals surface area contributed by atoms with Gasteiger partial charge in [0.2, 0.25) is 0 Å². The summed E-state index contributed by atoms with van der Waals surface area (Å²) in [6.45, 7) is 3.09. The molecule has 0 aromatic carbocycles. The molecule has 2 aliphatic heterocycles. The molecule has 0 fully saturated rings. The maximum Gasteiger partial charge on any atom is 0.258 e. The fourth-order valence-corrected chi connectivity index (χ4v) is 8.07. The predicted octanol–water partition coefficient (Wildman–Crippen LogP) is 9.76. The van der Waals surface area contributed by atoms with E-state index in [-0.39, 0.29) is 5.91 Å². The van der Waals surface area contributed by atoms with E-state index < -0.39 is 0 Å². The summed E-state index contributed by atoms with van der Waals surface area (Å²) < 4.78 is 2.54. The average molecular weight is 500 g/mol. The van der Waals surface area contributed by atoms with Crippen LogP contribution in [0.15, 0.2) is 29.6 Å². The Morgan fingerprint density at radius 2 is 1.16 bits per heavy atom. The zero-order valence-corrected chi connectivity index (χ0v) is 22.6. The van der Waals surface area contributed by atoms with Crippen molar-refractivity contribution in [2.24, 2.45) is 0 Å². The van der Waals surface area contributed by atoms with Crippen LogP contribution in [-0.2, 0) is 4.79 Å². The summed E-state index contributed by atoms with van der Waals surface area (Å²) in [6, 6.07) is 0. The monoisotopic (exact) mass is 499 g/mol. The third-order valence-electron chi connectivity index (χ3n) is 5.59. The molecule has 31 heavy (non-hydrogen) atoms. The third-order valence-corrected chi connectivity index (χ3v) is 10.6. The number of nitrogens with one attached hydrogen (secondary N) is 1. The maximum absolute atomic E-state index is 12.3. The van der Waals surface area contributed by atoms with E-state index in [9.17, 15) is 4.79 Å². The first kappa shape index (κ1) is 27.3. The minimum absolute atomic E-state index is 0.0926. The summed E-state index contributed by atoms with van der Waals surface area (Å²) in [5, 5.41) is 9.29. The topological polar surface area (TPSA) is 29.1 Å². The number of carbonyl (C=O) groups excluding carboxylic acids is 1. The number of hydrogen-bond donors (Lipinski definition) is 1. The Bertz CT molecular complexity index is 590. The molecule has 1 amide bonds. The summed E-state index contributed by atoms with van der Waals surface area (Å²) in [7, 11) is 0. The van der Waals surface area contributed by atoms with Crippen LogP contribution >= 0.6 is 47.0 Å². The number of hydrogen-bond acceptors (Lipinski definition) is 5. The number of carbonyl (C=O) groups is 1. The van der Waals surface area contributed by atoms with Gasteiger partial charge in [-0.1, -0.05) is 150 Å². The van der Waals surface area contributed by atoms with Crippen molar-refractivity contribution in [3.63, 3.8) is 0 Å². The van der Waals surface area contributed by atoms with Crippen LogP contribution in [0.25, 0.3) is 0 Å². The van der Waals surface area contributed by atoms with E-state index in [1.54, 1.807) is 47.0 Å². The smallest absolute Gasteiger partial charge is 0.258 e. The molecule has 2 heterocycles. The largest absolute Gasteiger partial charge is 0.352 e. The molecule has 0 saturated carbocycles. The third kappa shape index (κ3) is 12.8. The van der Waals surface area contributed by atoms with Gasteiger partial charge in [-0.05, 0) is 22.6 Å². The Kier molecular flexibility index (Phi) is 16.3. The highest BCUT2D eigenvalue weighted by Crippen LogP contribution is 2.53. The second kappa shape index (κ2) is 18.5. The van der Waals surface area contributed by atoms with Crippen LogP contribution in [-0.4, -0.2) is 12.5 Å². The summed E-state index contributed by atoms with van der Waals surface area (Å²) >= 11 is 6.79. The lowest BCUT2D eigenvalue weighted by molar-refractivity contribution is -0.116. The van der Waals surface area contributed by atoms with Gasteiger partial charge in [0, 0.05) is 6.54 Å². The molecule has 0 aliphatic carbocycles. The van der Waals surface area contributed by atoms with Crippen molar-refractivity contribution in [3.05, 3.63) is 29.6 Å². The van der Waals surface area contributed by atoms with Crippen molar-refractivity contribution < 1.29 is 4.79 Å². The summed E-state index contributed by atoms with van der Waals surface area (Å²) in [5.41, 5.74) is 0. The fraction of sp³-hybridized carbons (Fsp3) is 0.720. The number of unbranched alkanes of at least 4 members (excludes halogenated alkanes) is 15. The molecule has 0 bridgehead atoms. The summed E-state index contributed by atoms with van der Waals surface area (Å²) in [4.78, 5) is 13.1. The SMILES string of the molecule is CCCCCCCCCCCCCCCCCCNC(=O)C1=CSC(=C2SC=CS2)S1. The average Bonchev–Trinajstić information content (AvgIpc) is 3.48. The van der Waals surface area contributed by atoms with Gasteiger partial charge in [-0.25, -0.2) is 0 Å². The van der Waals surface area contributed by atoms with Gasteiger partial charge >= 0.3 is 0 Å². The van der Waals surface area contributed by atoms with Crippen LogP contribution in [0.4, 0.5) is 0 Å². The van der Waals surface area contributed by atoms with Gasteiger partial charge in [0.1, 0.15) is 0 Å². The highest BCUT2D eigenvalue weighted by Gasteiger charge is 2.22. The first-order chi connectivity index (χ1) is 15.3. The first-order valence-electron chi connectivity index (χ1n) is 12.4. The molecule has 1 N–H and O–H groups in total. The zero-order chi connectivity index (χ0) is 22.0. The first-order valence-corrected chi connectivity index (χ1v) is 15.8. The number of rotatable bonds is 18. The Hall–Kier alpha value is 0.0900. The molecule has 6 heteroatoms. The van der Waals surface area contributed by atoms with E-state index >= 15 is 0 Å². The van der Waals surface area contributed by atoms with Gasteiger partial charge in [0.25, 0.3) is 5.91 Å². The molecule has 0 spiro atoms. The normalized spacial score (nSPS) is 15.7. The number of amides is 1. The van der Waals surface area contributed by atoms with Gasteiger partial charge in [-0.2, -0.15) is 0 Å². The van der Waals surface area contributed by atoms with Crippen molar-refractivity contribution >= 4 is 53.0 Å². The van der Waals surface area contributed by atoms with Crippen LogP contribution in [0.3, 0.4) is 0 Å². The lowest BCUT2D eigenvalue weighted by atomic mass is 10.0. The second-order valence-corrected chi connectivity index (χ2v) is 12.6. The van der Waals surface area contributed by atoms with Gasteiger partial charge in [0.15, 0.2) is 0 Å². The summed E-state index contributed by atoms with van der Waals surface area (Å²) in [6.07, 6.45) is 22.0. The van der Waals surface area contributed by atoms with E-state index in [1.807, 2.05) is 5.41 Å². The quantitative estimate of drug-likeness (QED) is 0.189. The minimum Gasteiger partial charge on any atom is -0.352 e. The standard InChI is InChI=1S/C25H41NOS4/c1-2-3-4-5-6-7-8-9-10-11-12-13-14-15-16-17-18-26-23(27)22-21-30-25(31-22)24-28-19-20-29-24/h19-21H,2-18H2,1H3,(H,26,27). The molecule has 176 valence electrons. The zero-order valence-electron chi connectivity index (χ0n) is 19.3. The van der Waals surface area contributed by atoms with Crippen molar-refractivity contribution in [1.82, 2.24) is 5.32 Å². The van der Waals surface area contributed by atoms with E-state index in [1.165, 1.54) is 105 Å². The second-order valence-electron chi connectivity index (χ2n) is 8.34. The highest BCUT2D eigenvalue weighted by atomic mass is 32.2. The highest BCUT2D eigenvalue weighted by molar-refractivity contribution is 8.33. The minimum atomic E-state index is 0.0926. The van der Waals surface area contributed by atoms with Gasteiger partial charge in [-0.15, -0.1) is 0 Å². The molecule has 0 unspecified atom stereocenters. The van der Waals surface area contributed by atoms with E-state index in [0.29, 0.717) is 0 Å². The van der Waals surface area contributed by atoms with Crippen molar-refractivity contribution in [1.29, 1.82) is 0 Å². The molecule has 0 aromatic rings. The molecule has 0 aromatic heterocycles. The molecule has 2 rings (SSSR count). The molecular formula is C25H41NOS4. The van der Waals surface area contributed by atoms with E-state index in [2.05, 4.69) is 23.1 Å². The Morgan fingerprint density at radius 3 is 1.68 bits per heavy atom.